The van der Waals surface area contributed by atoms with Crippen molar-refractivity contribution < 1.29 is 14.8 Å². The molecule has 21 heavy (non-hydrogen) atoms. The topological polar surface area (TPSA) is 108 Å². The van der Waals surface area contributed by atoms with Gasteiger partial charge in [-0.3, -0.25) is 14.9 Å². The molecule has 0 saturated heterocycles. The van der Waals surface area contributed by atoms with Gasteiger partial charge in [-0.05, 0) is 18.9 Å². The molecule has 0 aliphatic rings. The number of non-ortho nitro benzene ring substituents is 1. The molecular formula is C14H17N3O4. The van der Waals surface area contributed by atoms with Gasteiger partial charge in [-0.1, -0.05) is 6.92 Å². The molecule has 7 heteroatoms. The molecule has 1 aromatic heterocycles. The number of aliphatic hydroxyl groups is 1. The standard InChI is InChI=1S/C14H17N3O4/c1-2-9(5-6-18)16-14(19)12-8-15-13-4-3-10(17(20)21)7-11(12)13/h3-4,7-9,15,18H,2,5-6H2,1H3,(H,16,19). The van der Waals surface area contributed by atoms with Crippen LogP contribution < -0.4 is 5.32 Å². The number of nitro groups is 1. The predicted octanol–water partition coefficient (Wildman–Crippen LogP) is 1.97. The van der Waals surface area contributed by atoms with Gasteiger partial charge < -0.3 is 15.4 Å². The summed E-state index contributed by atoms with van der Waals surface area (Å²) in [6.45, 7) is 1.92. The molecule has 1 atom stereocenters. The second kappa shape index (κ2) is 6.36. The van der Waals surface area contributed by atoms with Crippen LogP contribution in [0.1, 0.15) is 30.1 Å². The van der Waals surface area contributed by atoms with Crippen LogP contribution in [0, 0.1) is 10.1 Å². The molecule has 0 fully saturated rings. The predicted molar refractivity (Wildman–Crippen MR) is 78.2 cm³/mol. The Hall–Kier alpha value is -2.41. The fourth-order valence-electron chi connectivity index (χ4n) is 2.21. The van der Waals surface area contributed by atoms with E-state index in [1.54, 1.807) is 6.07 Å². The van der Waals surface area contributed by atoms with Crippen LogP contribution >= 0.6 is 0 Å². The van der Waals surface area contributed by atoms with Gasteiger partial charge in [-0.2, -0.15) is 0 Å². The summed E-state index contributed by atoms with van der Waals surface area (Å²) in [4.78, 5) is 25.5. The van der Waals surface area contributed by atoms with E-state index in [1.165, 1.54) is 18.3 Å². The van der Waals surface area contributed by atoms with E-state index in [9.17, 15) is 14.9 Å². The summed E-state index contributed by atoms with van der Waals surface area (Å²) in [5.41, 5.74) is 0.976. The van der Waals surface area contributed by atoms with E-state index >= 15 is 0 Å². The van der Waals surface area contributed by atoms with Crippen molar-refractivity contribution in [3.8, 4) is 0 Å². The molecule has 0 aliphatic heterocycles. The van der Waals surface area contributed by atoms with Gasteiger partial charge in [0.2, 0.25) is 0 Å². The van der Waals surface area contributed by atoms with Crippen molar-refractivity contribution >= 4 is 22.5 Å². The third-order valence-corrected chi connectivity index (χ3v) is 3.43. The van der Waals surface area contributed by atoms with E-state index < -0.39 is 4.92 Å². The summed E-state index contributed by atoms with van der Waals surface area (Å²) in [7, 11) is 0. The van der Waals surface area contributed by atoms with Gasteiger partial charge in [0, 0.05) is 41.9 Å². The molecule has 112 valence electrons. The van der Waals surface area contributed by atoms with E-state index in [0.29, 0.717) is 29.3 Å². The quantitative estimate of drug-likeness (QED) is 0.558. The molecule has 3 N–H and O–H groups in total. The Kier molecular flexibility index (Phi) is 4.54. The van der Waals surface area contributed by atoms with E-state index in [0.717, 1.165) is 0 Å². The Balaban J connectivity index is 2.30. The first-order valence-electron chi connectivity index (χ1n) is 6.74. The number of benzene rings is 1. The number of carbonyl (C=O) groups excluding carboxylic acids is 1. The highest BCUT2D eigenvalue weighted by atomic mass is 16.6. The fourth-order valence-corrected chi connectivity index (χ4v) is 2.21. The maximum atomic E-state index is 12.3. The van der Waals surface area contributed by atoms with Crippen molar-refractivity contribution in [2.24, 2.45) is 0 Å². The molecule has 2 rings (SSSR count). The molecule has 1 unspecified atom stereocenters. The third kappa shape index (κ3) is 3.19. The molecule has 1 aromatic carbocycles. The Bertz CT molecular complexity index is 665. The van der Waals surface area contributed by atoms with E-state index in [4.69, 9.17) is 5.11 Å². The molecule has 1 amide bonds. The van der Waals surface area contributed by atoms with E-state index in [-0.39, 0.29) is 24.2 Å². The first-order chi connectivity index (χ1) is 10.1. The average Bonchev–Trinajstić information content (AvgIpc) is 2.89. The lowest BCUT2D eigenvalue weighted by Gasteiger charge is -2.15. The summed E-state index contributed by atoms with van der Waals surface area (Å²) in [6.07, 6.45) is 2.72. The van der Waals surface area contributed by atoms with E-state index in [2.05, 4.69) is 10.3 Å². The number of fused-ring (bicyclic) bond motifs is 1. The molecule has 7 nitrogen and oxygen atoms in total. The number of aliphatic hydroxyl groups excluding tert-OH is 1. The van der Waals surface area contributed by atoms with Crippen molar-refractivity contribution in [1.82, 2.24) is 10.3 Å². The van der Waals surface area contributed by atoms with Crippen molar-refractivity contribution in [3.05, 3.63) is 40.1 Å². The van der Waals surface area contributed by atoms with Crippen LogP contribution in [0.3, 0.4) is 0 Å². The maximum Gasteiger partial charge on any atom is 0.270 e. The highest BCUT2D eigenvalue weighted by Gasteiger charge is 2.17. The first-order valence-corrected chi connectivity index (χ1v) is 6.74. The number of nitrogens with one attached hydrogen (secondary N) is 2. The lowest BCUT2D eigenvalue weighted by molar-refractivity contribution is -0.384. The van der Waals surface area contributed by atoms with Crippen LogP contribution in [0.15, 0.2) is 24.4 Å². The number of rotatable bonds is 6. The molecule has 0 bridgehead atoms. The monoisotopic (exact) mass is 291 g/mol. The summed E-state index contributed by atoms with van der Waals surface area (Å²) in [6, 6.07) is 4.23. The number of hydrogen-bond donors (Lipinski definition) is 3. The molecule has 0 radical (unpaired) electrons. The Labute approximate surface area is 121 Å². The minimum Gasteiger partial charge on any atom is -0.396 e. The van der Waals surface area contributed by atoms with Gasteiger partial charge in [0.1, 0.15) is 0 Å². The molecule has 0 saturated carbocycles. The zero-order valence-corrected chi connectivity index (χ0v) is 11.6. The highest BCUT2D eigenvalue weighted by Crippen LogP contribution is 2.23. The summed E-state index contributed by atoms with van der Waals surface area (Å²) in [5.74, 6) is -0.304. The second-order valence-corrected chi connectivity index (χ2v) is 4.78. The molecule has 1 heterocycles. The minimum absolute atomic E-state index is 0.00184. The molecule has 2 aromatic rings. The molecule has 0 spiro atoms. The lowest BCUT2D eigenvalue weighted by Crippen LogP contribution is -2.34. The Morgan fingerprint density at radius 2 is 2.29 bits per heavy atom. The van der Waals surface area contributed by atoms with Crippen LogP contribution in [0.25, 0.3) is 10.9 Å². The van der Waals surface area contributed by atoms with Crippen molar-refractivity contribution in [1.29, 1.82) is 0 Å². The molecule has 0 aliphatic carbocycles. The largest absolute Gasteiger partial charge is 0.396 e. The number of carbonyl (C=O) groups is 1. The van der Waals surface area contributed by atoms with Gasteiger partial charge in [-0.25, -0.2) is 0 Å². The SMILES string of the molecule is CCC(CCO)NC(=O)c1c[nH]c2ccc([N+](=O)[O-])cc12. The summed E-state index contributed by atoms with van der Waals surface area (Å²) < 4.78 is 0. The summed E-state index contributed by atoms with van der Waals surface area (Å²) >= 11 is 0. The first kappa shape index (κ1) is 15.0. The number of H-pyrrole nitrogens is 1. The normalized spacial score (nSPS) is 12.3. The number of aromatic nitrogens is 1. The average molecular weight is 291 g/mol. The number of amides is 1. The maximum absolute atomic E-state index is 12.3. The van der Waals surface area contributed by atoms with Crippen LogP contribution in [-0.4, -0.2) is 33.6 Å². The zero-order chi connectivity index (χ0) is 15.4. The zero-order valence-electron chi connectivity index (χ0n) is 11.6. The number of nitro benzene ring substituents is 1. The van der Waals surface area contributed by atoms with Crippen LogP contribution in [-0.2, 0) is 0 Å². The van der Waals surface area contributed by atoms with Crippen LogP contribution in [0.4, 0.5) is 5.69 Å². The van der Waals surface area contributed by atoms with Gasteiger partial charge in [-0.15, -0.1) is 0 Å². The second-order valence-electron chi connectivity index (χ2n) is 4.78. The Morgan fingerprint density at radius 1 is 1.52 bits per heavy atom. The lowest BCUT2D eigenvalue weighted by atomic mass is 10.1. The van der Waals surface area contributed by atoms with Gasteiger partial charge >= 0.3 is 0 Å². The van der Waals surface area contributed by atoms with Crippen LogP contribution in [0.2, 0.25) is 0 Å². The summed E-state index contributed by atoms with van der Waals surface area (Å²) in [5, 5.41) is 23.1. The van der Waals surface area contributed by atoms with Gasteiger partial charge in [0.05, 0.1) is 10.5 Å². The van der Waals surface area contributed by atoms with E-state index in [1.807, 2.05) is 6.92 Å². The number of hydrogen-bond acceptors (Lipinski definition) is 4. The number of aromatic amines is 1. The third-order valence-electron chi connectivity index (χ3n) is 3.43. The smallest absolute Gasteiger partial charge is 0.270 e. The van der Waals surface area contributed by atoms with Crippen molar-refractivity contribution in [2.75, 3.05) is 6.61 Å². The van der Waals surface area contributed by atoms with Gasteiger partial charge in [0.15, 0.2) is 0 Å². The fraction of sp³-hybridized carbons (Fsp3) is 0.357. The number of nitrogens with zero attached hydrogens (tertiary/aromatic N) is 1. The van der Waals surface area contributed by atoms with Crippen LogP contribution in [0.5, 0.6) is 0 Å². The Morgan fingerprint density at radius 3 is 2.90 bits per heavy atom. The minimum atomic E-state index is -0.491. The van der Waals surface area contributed by atoms with Crippen molar-refractivity contribution in [3.63, 3.8) is 0 Å². The van der Waals surface area contributed by atoms with Crippen molar-refractivity contribution in [2.45, 2.75) is 25.8 Å². The molecular weight excluding hydrogens is 274 g/mol. The van der Waals surface area contributed by atoms with Gasteiger partial charge in [0.25, 0.3) is 11.6 Å². The highest BCUT2D eigenvalue weighted by molar-refractivity contribution is 6.07.